The van der Waals surface area contributed by atoms with Crippen molar-refractivity contribution in [2.45, 2.75) is 6.10 Å². The van der Waals surface area contributed by atoms with Gasteiger partial charge in [0.25, 0.3) is 0 Å². The quantitative estimate of drug-likeness (QED) is 0.893. The van der Waals surface area contributed by atoms with E-state index in [-0.39, 0.29) is 0 Å². The maximum atomic E-state index is 10.6. The van der Waals surface area contributed by atoms with Gasteiger partial charge in [-0.25, -0.2) is 0 Å². The van der Waals surface area contributed by atoms with Crippen molar-refractivity contribution in [3.63, 3.8) is 0 Å². The summed E-state index contributed by atoms with van der Waals surface area (Å²) in [6.07, 6.45) is -0.822. The molecular formula is C16H17BrO4. The SMILES string of the molecule is COc1cccc(C(O)c2ccc(OC)c(Br)c2OC)c1. The van der Waals surface area contributed by atoms with Crippen LogP contribution in [0.3, 0.4) is 0 Å². The van der Waals surface area contributed by atoms with Gasteiger partial charge in [-0.15, -0.1) is 0 Å². The van der Waals surface area contributed by atoms with E-state index in [2.05, 4.69) is 15.9 Å². The fourth-order valence-electron chi connectivity index (χ4n) is 2.12. The summed E-state index contributed by atoms with van der Waals surface area (Å²) in [5, 5.41) is 10.6. The molecule has 2 aromatic carbocycles. The Bertz CT molecular complexity index is 628. The summed E-state index contributed by atoms with van der Waals surface area (Å²) in [6, 6.07) is 10.9. The van der Waals surface area contributed by atoms with Crippen LogP contribution in [0.4, 0.5) is 0 Å². The first-order valence-electron chi connectivity index (χ1n) is 6.34. The Morgan fingerprint density at radius 1 is 1.00 bits per heavy atom. The van der Waals surface area contributed by atoms with Crippen molar-refractivity contribution in [2.75, 3.05) is 21.3 Å². The lowest BCUT2D eigenvalue weighted by atomic mass is 10.00. The molecule has 0 aliphatic heterocycles. The Morgan fingerprint density at radius 2 is 1.76 bits per heavy atom. The summed E-state index contributed by atoms with van der Waals surface area (Å²) in [5.74, 6) is 1.89. The van der Waals surface area contributed by atoms with Crippen LogP contribution >= 0.6 is 15.9 Å². The van der Waals surface area contributed by atoms with Crippen LogP contribution in [0.2, 0.25) is 0 Å². The van der Waals surface area contributed by atoms with E-state index in [0.29, 0.717) is 27.3 Å². The maximum absolute atomic E-state index is 10.6. The molecule has 0 bridgehead atoms. The second-order valence-electron chi connectivity index (χ2n) is 4.38. The standard InChI is InChI=1S/C16H17BrO4/c1-19-11-6-4-5-10(9-11)15(18)12-7-8-13(20-2)14(17)16(12)21-3/h4-9,15,18H,1-3H3. The van der Waals surface area contributed by atoms with Gasteiger partial charge in [0.15, 0.2) is 0 Å². The van der Waals surface area contributed by atoms with Crippen LogP contribution in [-0.2, 0) is 0 Å². The predicted molar refractivity (Wildman–Crippen MR) is 84.3 cm³/mol. The van der Waals surface area contributed by atoms with Crippen molar-refractivity contribution in [2.24, 2.45) is 0 Å². The van der Waals surface area contributed by atoms with Gasteiger partial charge >= 0.3 is 0 Å². The van der Waals surface area contributed by atoms with Crippen LogP contribution in [0, 0.1) is 0 Å². The lowest BCUT2D eigenvalue weighted by Gasteiger charge is -2.18. The fraction of sp³-hybridized carbons (Fsp3) is 0.250. The second kappa shape index (κ2) is 6.83. The van der Waals surface area contributed by atoms with E-state index in [1.807, 2.05) is 18.2 Å². The minimum absolute atomic E-state index is 0.546. The Balaban J connectivity index is 2.47. The first-order chi connectivity index (χ1) is 10.1. The number of ether oxygens (including phenoxy) is 3. The number of halogens is 1. The monoisotopic (exact) mass is 352 g/mol. The largest absolute Gasteiger partial charge is 0.497 e. The topological polar surface area (TPSA) is 47.9 Å². The van der Waals surface area contributed by atoms with Crippen molar-refractivity contribution in [1.29, 1.82) is 0 Å². The van der Waals surface area contributed by atoms with Gasteiger partial charge in [-0.3, -0.25) is 0 Å². The highest BCUT2D eigenvalue weighted by molar-refractivity contribution is 9.10. The molecule has 0 saturated carbocycles. The van der Waals surface area contributed by atoms with Gasteiger partial charge in [0, 0.05) is 5.56 Å². The van der Waals surface area contributed by atoms with Crippen molar-refractivity contribution in [1.82, 2.24) is 0 Å². The van der Waals surface area contributed by atoms with E-state index in [1.54, 1.807) is 39.5 Å². The third-order valence-corrected chi connectivity index (χ3v) is 3.97. The lowest BCUT2D eigenvalue weighted by molar-refractivity contribution is 0.213. The Hall–Kier alpha value is -1.72. The Kier molecular flexibility index (Phi) is 5.09. The molecule has 2 aromatic rings. The molecular weight excluding hydrogens is 336 g/mol. The minimum Gasteiger partial charge on any atom is -0.497 e. The molecule has 0 fully saturated rings. The number of methoxy groups -OCH3 is 3. The Labute approximate surface area is 132 Å². The third kappa shape index (κ3) is 3.14. The molecule has 112 valence electrons. The molecule has 0 aliphatic rings. The highest BCUT2D eigenvalue weighted by Crippen LogP contribution is 2.41. The van der Waals surface area contributed by atoms with Gasteiger partial charge in [0.2, 0.25) is 0 Å². The predicted octanol–water partition coefficient (Wildman–Crippen LogP) is 3.56. The first kappa shape index (κ1) is 15.7. The molecule has 0 amide bonds. The molecule has 0 saturated heterocycles. The third-order valence-electron chi connectivity index (χ3n) is 3.22. The average Bonchev–Trinajstić information content (AvgIpc) is 2.53. The Morgan fingerprint density at radius 3 is 2.38 bits per heavy atom. The smallest absolute Gasteiger partial charge is 0.142 e. The fourth-order valence-corrected chi connectivity index (χ4v) is 2.81. The number of aliphatic hydroxyl groups is 1. The molecule has 1 unspecified atom stereocenters. The second-order valence-corrected chi connectivity index (χ2v) is 5.18. The molecule has 4 nitrogen and oxygen atoms in total. The van der Waals surface area contributed by atoms with Crippen LogP contribution in [0.25, 0.3) is 0 Å². The zero-order valence-corrected chi connectivity index (χ0v) is 13.7. The summed E-state index contributed by atoms with van der Waals surface area (Å²) in [7, 11) is 4.73. The van der Waals surface area contributed by atoms with Crippen LogP contribution in [-0.4, -0.2) is 26.4 Å². The van der Waals surface area contributed by atoms with Gasteiger partial charge in [0.1, 0.15) is 27.8 Å². The number of benzene rings is 2. The molecule has 2 rings (SSSR count). The van der Waals surface area contributed by atoms with E-state index in [9.17, 15) is 5.11 Å². The molecule has 0 aliphatic carbocycles. The molecule has 0 aromatic heterocycles. The molecule has 0 radical (unpaired) electrons. The molecule has 1 N–H and O–H groups in total. The first-order valence-corrected chi connectivity index (χ1v) is 7.14. The molecule has 0 heterocycles. The van der Waals surface area contributed by atoms with Gasteiger partial charge in [-0.1, -0.05) is 12.1 Å². The van der Waals surface area contributed by atoms with Gasteiger partial charge in [0.05, 0.1) is 21.3 Å². The lowest BCUT2D eigenvalue weighted by Crippen LogP contribution is -2.04. The maximum Gasteiger partial charge on any atom is 0.142 e. The van der Waals surface area contributed by atoms with Gasteiger partial charge < -0.3 is 19.3 Å². The number of hydrogen-bond acceptors (Lipinski definition) is 4. The summed E-state index contributed by atoms with van der Waals surface area (Å²) in [4.78, 5) is 0. The summed E-state index contributed by atoms with van der Waals surface area (Å²) >= 11 is 3.44. The van der Waals surface area contributed by atoms with E-state index < -0.39 is 6.10 Å². The zero-order chi connectivity index (χ0) is 15.4. The van der Waals surface area contributed by atoms with Crippen LogP contribution in [0.1, 0.15) is 17.2 Å². The van der Waals surface area contributed by atoms with E-state index in [4.69, 9.17) is 14.2 Å². The summed E-state index contributed by atoms with van der Waals surface area (Å²) in [5.41, 5.74) is 1.38. The molecule has 5 heteroatoms. The van der Waals surface area contributed by atoms with E-state index in [0.717, 1.165) is 5.56 Å². The summed E-state index contributed by atoms with van der Waals surface area (Å²) in [6.45, 7) is 0. The highest BCUT2D eigenvalue weighted by atomic mass is 79.9. The van der Waals surface area contributed by atoms with Crippen LogP contribution < -0.4 is 14.2 Å². The van der Waals surface area contributed by atoms with E-state index >= 15 is 0 Å². The number of aliphatic hydroxyl groups excluding tert-OH is 1. The van der Waals surface area contributed by atoms with Crippen molar-refractivity contribution < 1.29 is 19.3 Å². The molecule has 1 atom stereocenters. The normalized spacial score (nSPS) is 11.9. The van der Waals surface area contributed by atoms with Crippen molar-refractivity contribution in [3.05, 3.63) is 52.0 Å². The van der Waals surface area contributed by atoms with Crippen LogP contribution in [0.5, 0.6) is 17.2 Å². The van der Waals surface area contributed by atoms with E-state index in [1.165, 1.54) is 0 Å². The number of rotatable bonds is 5. The van der Waals surface area contributed by atoms with Gasteiger partial charge in [-0.05, 0) is 45.8 Å². The van der Waals surface area contributed by atoms with Crippen molar-refractivity contribution in [3.8, 4) is 17.2 Å². The average molecular weight is 353 g/mol. The molecule has 21 heavy (non-hydrogen) atoms. The minimum atomic E-state index is -0.822. The molecule has 0 spiro atoms. The number of hydrogen-bond donors (Lipinski definition) is 1. The van der Waals surface area contributed by atoms with Gasteiger partial charge in [-0.2, -0.15) is 0 Å². The zero-order valence-electron chi connectivity index (χ0n) is 12.1. The van der Waals surface area contributed by atoms with Crippen molar-refractivity contribution >= 4 is 15.9 Å². The summed E-state index contributed by atoms with van der Waals surface area (Å²) < 4.78 is 16.5. The van der Waals surface area contributed by atoms with Crippen LogP contribution in [0.15, 0.2) is 40.9 Å². The highest BCUT2D eigenvalue weighted by Gasteiger charge is 2.20.